The number of nitrogens with zero attached hydrogens (tertiary/aromatic N) is 1. The van der Waals surface area contributed by atoms with Crippen LogP contribution in [0.1, 0.15) is 65.3 Å². The van der Waals surface area contributed by atoms with Crippen molar-refractivity contribution in [2.45, 2.75) is 63.2 Å². The van der Waals surface area contributed by atoms with E-state index >= 15 is 0 Å². The molecule has 4 rings (SSSR count). The van der Waals surface area contributed by atoms with E-state index in [1.54, 1.807) is 12.1 Å². The molecule has 1 aromatic rings. The molecule has 3 atom stereocenters. The Morgan fingerprint density at radius 3 is 2.68 bits per heavy atom. The lowest BCUT2D eigenvalue weighted by atomic mass is 9.95. The molecule has 0 spiro atoms. The van der Waals surface area contributed by atoms with Crippen molar-refractivity contribution >= 4 is 23.6 Å². The Kier molecular flexibility index (Phi) is 4.55. The average Bonchev–Trinajstić information content (AvgIpc) is 3.12. The molecule has 2 heterocycles. The summed E-state index contributed by atoms with van der Waals surface area (Å²) in [5, 5.41) is 5.68. The van der Waals surface area contributed by atoms with Gasteiger partial charge in [0.1, 0.15) is 6.04 Å². The summed E-state index contributed by atoms with van der Waals surface area (Å²) in [5.41, 5.74) is 7.36. The summed E-state index contributed by atoms with van der Waals surface area (Å²) < 4.78 is 0. The molecule has 2 aliphatic heterocycles. The van der Waals surface area contributed by atoms with Crippen LogP contribution in [0.25, 0.3) is 0 Å². The lowest BCUT2D eigenvalue weighted by Crippen LogP contribution is -2.54. The van der Waals surface area contributed by atoms with Crippen molar-refractivity contribution in [2.24, 2.45) is 5.73 Å². The van der Waals surface area contributed by atoms with Gasteiger partial charge in [-0.15, -0.1) is 0 Å². The van der Waals surface area contributed by atoms with E-state index in [-0.39, 0.29) is 30.3 Å². The van der Waals surface area contributed by atoms with Gasteiger partial charge < -0.3 is 11.1 Å². The number of carbonyl (C=O) groups excluding carboxylic acids is 4. The molecule has 0 bridgehead atoms. The molecule has 2 fully saturated rings. The summed E-state index contributed by atoms with van der Waals surface area (Å²) >= 11 is 0. The van der Waals surface area contributed by atoms with Gasteiger partial charge in [0.05, 0.1) is 11.1 Å². The van der Waals surface area contributed by atoms with Crippen LogP contribution >= 0.6 is 0 Å². The van der Waals surface area contributed by atoms with E-state index in [0.29, 0.717) is 23.2 Å². The van der Waals surface area contributed by atoms with Gasteiger partial charge in [0.2, 0.25) is 11.8 Å². The number of benzene rings is 1. The molecule has 0 radical (unpaired) electrons. The number of hydrogen-bond acceptors (Lipinski definition) is 6. The number of rotatable bonds is 4. The van der Waals surface area contributed by atoms with Crippen molar-refractivity contribution in [2.75, 3.05) is 0 Å². The van der Waals surface area contributed by atoms with E-state index in [1.807, 2.05) is 6.07 Å². The van der Waals surface area contributed by atoms with E-state index in [2.05, 4.69) is 17.6 Å². The average molecular weight is 384 g/mol. The van der Waals surface area contributed by atoms with Crippen molar-refractivity contribution in [3.63, 3.8) is 0 Å². The van der Waals surface area contributed by atoms with Crippen molar-refractivity contribution in [1.29, 1.82) is 0 Å². The van der Waals surface area contributed by atoms with E-state index in [9.17, 15) is 19.2 Å². The lowest BCUT2D eigenvalue weighted by molar-refractivity contribution is -0.136. The maximum Gasteiger partial charge on any atom is 0.262 e. The van der Waals surface area contributed by atoms with Gasteiger partial charge in [-0.3, -0.25) is 29.4 Å². The number of nitrogens with two attached hydrogens (primary N) is 1. The number of carbonyl (C=O) groups is 4. The molecule has 28 heavy (non-hydrogen) atoms. The van der Waals surface area contributed by atoms with Crippen LogP contribution in [0.2, 0.25) is 0 Å². The molecule has 4 N–H and O–H groups in total. The highest BCUT2D eigenvalue weighted by Crippen LogP contribution is 2.32. The van der Waals surface area contributed by atoms with E-state index < -0.39 is 23.8 Å². The van der Waals surface area contributed by atoms with Crippen LogP contribution in [0.15, 0.2) is 18.2 Å². The predicted molar refractivity (Wildman–Crippen MR) is 100 cm³/mol. The quantitative estimate of drug-likeness (QED) is 0.648. The Bertz CT molecular complexity index is 883. The standard InChI is InChI=1S/C20H24N4O4/c1-20(9-3-6-14(20)21)22-10-11-4-2-5-12-16(11)19(28)24(18(12)27)13-7-8-15(25)23-17(13)26/h2,4-5,13-14,22H,3,6-10,21H2,1H3,(H,23,25,26)/t13?,14-,20-/m0/s1. The van der Waals surface area contributed by atoms with Crippen molar-refractivity contribution in [3.8, 4) is 0 Å². The number of hydrogen-bond donors (Lipinski definition) is 3. The summed E-state index contributed by atoms with van der Waals surface area (Å²) in [6.45, 7) is 2.49. The molecule has 148 valence electrons. The molecule has 8 heteroatoms. The molecule has 3 aliphatic rings. The van der Waals surface area contributed by atoms with Gasteiger partial charge in [0.25, 0.3) is 11.8 Å². The first kappa shape index (κ1) is 18.8. The third kappa shape index (κ3) is 2.93. The van der Waals surface area contributed by atoms with Crippen LogP contribution in [-0.4, -0.2) is 46.2 Å². The second-order valence-electron chi connectivity index (χ2n) is 8.06. The first-order valence-electron chi connectivity index (χ1n) is 9.66. The Morgan fingerprint density at radius 2 is 2.00 bits per heavy atom. The Hall–Kier alpha value is -2.58. The van der Waals surface area contributed by atoms with Gasteiger partial charge in [0.15, 0.2) is 0 Å². The maximum atomic E-state index is 13.1. The van der Waals surface area contributed by atoms with Crippen LogP contribution in [0.5, 0.6) is 0 Å². The number of amides is 4. The highest BCUT2D eigenvalue weighted by molar-refractivity contribution is 6.24. The third-order valence-corrected chi connectivity index (χ3v) is 6.27. The monoisotopic (exact) mass is 384 g/mol. The molecule has 1 aromatic carbocycles. The Morgan fingerprint density at radius 1 is 1.21 bits per heavy atom. The summed E-state index contributed by atoms with van der Waals surface area (Å²) in [5.74, 6) is -1.95. The predicted octanol–water partition coefficient (Wildman–Crippen LogP) is 0.447. The van der Waals surface area contributed by atoms with Crippen molar-refractivity contribution in [1.82, 2.24) is 15.5 Å². The van der Waals surface area contributed by atoms with Gasteiger partial charge in [-0.1, -0.05) is 12.1 Å². The SMILES string of the molecule is C[C@]1(NCc2cccc3c2C(=O)N(C2CCC(=O)NC2=O)C3=O)CCC[C@@H]1N. The van der Waals surface area contributed by atoms with Crippen molar-refractivity contribution < 1.29 is 19.2 Å². The topological polar surface area (TPSA) is 122 Å². The van der Waals surface area contributed by atoms with Crippen molar-refractivity contribution in [3.05, 3.63) is 34.9 Å². The van der Waals surface area contributed by atoms with Crippen LogP contribution in [0.4, 0.5) is 0 Å². The zero-order valence-electron chi connectivity index (χ0n) is 15.8. The largest absolute Gasteiger partial charge is 0.326 e. The Balaban J connectivity index is 1.59. The highest BCUT2D eigenvalue weighted by atomic mass is 16.2. The summed E-state index contributed by atoms with van der Waals surface area (Å²) in [7, 11) is 0. The number of piperidine rings is 1. The molecule has 1 unspecified atom stereocenters. The van der Waals surface area contributed by atoms with Gasteiger partial charge in [0, 0.05) is 24.5 Å². The minimum absolute atomic E-state index is 0.0431. The summed E-state index contributed by atoms with van der Waals surface area (Å²) in [6, 6.07) is 4.25. The molecular formula is C20H24N4O4. The normalized spacial score (nSPS) is 30.0. The number of nitrogens with one attached hydrogen (secondary N) is 2. The lowest BCUT2D eigenvalue weighted by Gasteiger charge is -2.31. The van der Waals surface area contributed by atoms with Gasteiger partial charge in [-0.25, -0.2) is 0 Å². The Labute approximate surface area is 162 Å². The fourth-order valence-electron chi connectivity index (χ4n) is 4.44. The van der Waals surface area contributed by atoms with Crippen LogP contribution in [0, 0.1) is 0 Å². The molecule has 0 aromatic heterocycles. The summed E-state index contributed by atoms with van der Waals surface area (Å²) in [6.07, 6.45) is 3.22. The zero-order chi connectivity index (χ0) is 20.1. The third-order valence-electron chi connectivity index (χ3n) is 6.27. The minimum atomic E-state index is -0.952. The summed E-state index contributed by atoms with van der Waals surface area (Å²) in [4.78, 5) is 50.5. The van der Waals surface area contributed by atoms with Gasteiger partial charge in [-0.05, 0) is 44.2 Å². The fourth-order valence-corrected chi connectivity index (χ4v) is 4.44. The second-order valence-corrected chi connectivity index (χ2v) is 8.06. The van der Waals surface area contributed by atoms with E-state index in [1.165, 1.54) is 0 Å². The molecule has 1 saturated heterocycles. The van der Waals surface area contributed by atoms with Crippen LogP contribution < -0.4 is 16.4 Å². The fraction of sp³-hybridized carbons (Fsp3) is 0.500. The minimum Gasteiger partial charge on any atom is -0.326 e. The van der Waals surface area contributed by atoms with Crippen LogP contribution in [0.3, 0.4) is 0 Å². The molecule has 1 aliphatic carbocycles. The molecule has 4 amide bonds. The van der Waals surface area contributed by atoms with Gasteiger partial charge in [-0.2, -0.15) is 0 Å². The molecular weight excluding hydrogens is 360 g/mol. The number of fused-ring (bicyclic) bond motifs is 1. The first-order valence-corrected chi connectivity index (χ1v) is 9.66. The molecule has 1 saturated carbocycles. The second kappa shape index (κ2) is 6.79. The molecule has 8 nitrogen and oxygen atoms in total. The zero-order valence-corrected chi connectivity index (χ0v) is 15.8. The number of imide groups is 2. The highest BCUT2D eigenvalue weighted by Gasteiger charge is 2.45. The van der Waals surface area contributed by atoms with E-state index in [0.717, 1.165) is 24.2 Å². The first-order chi connectivity index (χ1) is 13.3. The van der Waals surface area contributed by atoms with E-state index in [4.69, 9.17) is 5.73 Å². The van der Waals surface area contributed by atoms with Crippen LogP contribution in [-0.2, 0) is 16.1 Å². The smallest absolute Gasteiger partial charge is 0.262 e. The van der Waals surface area contributed by atoms with Gasteiger partial charge >= 0.3 is 0 Å². The maximum absolute atomic E-state index is 13.1.